The van der Waals surface area contributed by atoms with Crippen LogP contribution in [0, 0.1) is 13.8 Å². The van der Waals surface area contributed by atoms with Gasteiger partial charge in [0.2, 0.25) is 5.13 Å². The van der Waals surface area contributed by atoms with Crippen LogP contribution in [0.3, 0.4) is 0 Å². The number of aryl methyl sites for hydroxylation is 2. The highest BCUT2D eigenvalue weighted by molar-refractivity contribution is 8.00. The molecule has 1 amide bonds. The summed E-state index contributed by atoms with van der Waals surface area (Å²) in [6, 6.07) is 24.9. The molecule has 246 valence electrons. The number of hydrogen-bond acceptors (Lipinski definition) is 9. The Labute approximate surface area is 299 Å². The van der Waals surface area contributed by atoms with E-state index in [1.165, 1.54) is 28.0 Å². The van der Waals surface area contributed by atoms with Crippen molar-refractivity contribution in [1.82, 2.24) is 19.6 Å². The molecule has 1 aliphatic rings. The molecule has 3 aromatic heterocycles. The molecule has 7 rings (SSSR count). The number of fused-ring (bicyclic) bond motifs is 1. The summed E-state index contributed by atoms with van der Waals surface area (Å²) in [4.78, 5) is 33.6. The number of aromatic nitrogens is 4. The van der Waals surface area contributed by atoms with E-state index in [0.29, 0.717) is 49.4 Å². The minimum atomic E-state index is -1.01. The molecule has 13 heteroatoms. The summed E-state index contributed by atoms with van der Waals surface area (Å²) < 4.78 is 8.40. The van der Waals surface area contributed by atoms with E-state index in [0.717, 1.165) is 16.7 Å². The van der Waals surface area contributed by atoms with Crippen LogP contribution in [0.15, 0.2) is 101 Å². The second-order valence-electron chi connectivity index (χ2n) is 11.3. The number of aliphatic hydroxyl groups is 1. The summed E-state index contributed by atoms with van der Waals surface area (Å²) >= 11 is 15.0. The van der Waals surface area contributed by atoms with Crippen molar-refractivity contribution in [3.05, 3.63) is 140 Å². The van der Waals surface area contributed by atoms with Crippen molar-refractivity contribution < 1.29 is 19.4 Å². The van der Waals surface area contributed by atoms with E-state index in [4.69, 9.17) is 27.9 Å². The van der Waals surface area contributed by atoms with E-state index in [1.54, 1.807) is 43.3 Å². The molecule has 1 fully saturated rings. The lowest BCUT2D eigenvalue weighted by Crippen LogP contribution is -2.29. The predicted molar refractivity (Wildman–Crippen MR) is 193 cm³/mol. The summed E-state index contributed by atoms with van der Waals surface area (Å²) in [7, 11) is 0. The van der Waals surface area contributed by atoms with Crippen LogP contribution in [0.1, 0.15) is 39.7 Å². The number of imidazole rings is 1. The summed E-state index contributed by atoms with van der Waals surface area (Å²) in [5.74, 6) is -0.956. The third kappa shape index (κ3) is 6.42. The van der Waals surface area contributed by atoms with Gasteiger partial charge in [-0.1, -0.05) is 101 Å². The Bertz CT molecular complexity index is 2250. The quantitative estimate of drug-likeness (QED) is 0.0519. The highest BCUT2D eigenvalue weighted by Gasteiger charge is 2.49. The van der Waals surface area contributed by atoms with Crippen LogP contribution in [0.25, 0.3) is 11.4 Å². The molecule has 0 aliphatic carbocycles. The van der Waals surface area contributed by atoms with Gasteiger partial charge in [0.15, 0.2) is 10.1 Å². The molecule has 0 bridgehead atoms. The zero-order chi connectivity index (χ0) is 34.2. The smallest absolute Gasteiger partial charge is 0.301 e. The fourth-order valence-electron chi connectivity index (χ4n) is 5.64. The first kappa shape index (κ1) is 32.8. The molecule has 49 heavy (non-hydrogen) atoms. The highest BCUT2D eigenvalue weighted by Crippen LogP contribution is 2.45. The summed E-state index contributed by atoms with van der Waals surface area (Å²) in [5.41, 5.74) is 4.73. The number of aliphatic hydroxyl groups excluding tert-OH is 1. The number of halogens is 2. The molecule has 1 atom stereocenters. The van der Waals surface area contributed by atoms with E-state index < -0.39 is 17.7 Å². The van der Waals surface area contributed by atoms with Crippen molar-refractivity contribution in [3.8, 4) is 5.75 Å². The van der Waals surface area contributed by atoms with Gasteiger partial charge in [0.1, 0.15) is 23.7 Å². The number of anilines is 1. The minimum absolute atomic E-state index is 0.0931. The van der Waals surface area contributed by atoms with Gasteiger partial charge in [0, 0.05) is 22.0 Å². The van der Waals surface area contributed by atoms with Crippen LogP contribution in [0.5, 0.6) is 5.75 Å². The topological polar surface area (TPSA) is 110 Å². The van der Waals surface area contributed by atoms with Gasteiger partial charge in [-0.15, -0.1) is 10.2 Å². The number of carbonyl (C=O) groups is 2. The molecule has 1 saturated heterocycles. The first-order chi connectivity index (χ1) is 23.7. The summed E-state index contributed by atoms with van der Waals surface area (Å²) in [5, 5.41) is 21.7. The number of carbonyl (C=O) groups excluding carboxylic acids is 2. The number of rotatable bonds is 9. The van der Waals surface area contributed by atoms with Crippen LogP contribution in [0.4, 0.5) is 5.13 Å². The van der Waals surface area contributed by atoms with Crippen LogP contribution in [-0.4, -0.2) is 36.4 Å². The Balaban J connectivity index is 1.26. The molecule has 0 spiro atoms. The van der Waals surface area contributed by atoms with Crippen molar-refractivity contribution in [3.63, 3.8) is 0 Å². The van der Waals surface area contributed by atoms with Gasteiger partial charge < -0.3 is 14.2 Å². The molecule has 3 aromatic carbocycles. The number of thioether (sulfide) groups is 1. The van der Waals surface area contributed by atoms with Crippen molar-refractivity contribution in [2.75, 3.05) is 4.90 Å². The molecule has 1 N–H and O–H groups in total. The zero-order valence-electron chi connectivity index (χ0n) is 26.1. The second-order valence-corrected chi connectivity index (χ2v) is 14.3. The van der Waals surface area contributed by atoms with Crippen LogP contribution < -0.4 is 9.64 Å². The Morgan fingerprint density at radius 1 is 0.980 bits per heavy atom. The number of ketones is 1. The monoisotopic (exact) mass is 727 g/mol. The van der Waals surface area contributed by atoms with Gasteiger partial charge in [0.25, 0.3) is 5.78 Å². The molecule has 0 saturated carbocycles. The Hall–Kier alpha value is -4.68. The molecule has 1 unspecified atom stereocenters. The number of pyridine rings is 1. The predicted octanol–water partition coefficient (Wildman–Crippen LogP) is 8.61. The first-order valence-electron chi connectivity index (χ1n) is 15.1. The van der Waals surface area contributed by atoms with E-state index in [2.05, 4.69) is 15.2 Å². The SMILES string of the molecule is Cc1cccn2c(C)c(C(O)=C3C(=O)C(=O)N(c4nnc(SCc5ccc(Cl)cc5Cl)s4)C3c3ccc(OCc4ccccc4)cc3)nc12. The van der Waals surface area contributed by atoms with E-state index in [9.17, 15) is 14.7 Å². The largest absolute Gasteiger partial charge is 0.505 e. The maximum Gasteiger partial charge on any atom is 0.301 e. The number of amides is 1. The number of ether oxygens (including phenoxy) is 1. The number of hydrogen-bond donors (Lipinski definition) is 1. The van der Waals surface area contributed by atoms with E-state index in [1.807, 2.05) is 66.1 Å². The van der Waals surface area contributed by atoms with Crippen LogP contribution in [-0.2, 0) is 21.9 Å². The second kappa shape index (κ2) is 13.7. The third-order valence-corrected chi connectivity index (χ3v) is 10.9. The average molecular weight is 729 g/mol. The number of nitrogens with zero attached hydrogens (tertiary/aromatic N) is 5. The highest BCUT2D eigenvalue weighted by atomic mass is 35.5. The Kier molecular flexibility index (Phi) is 9.17. The van der Waals surface area contributed by atoms with Gasteiger partial charge in [-0.2, -0.15) is 0 Å². The molecule has 0 radical (unpaired) electrons. The maximum absolute atomic E-state index is 13.8. The van der Waals surface area contributed by atoms with Gasteiger partial charge >= 0.3 is 5.91 Å². The molecule has 4 heterocycles. The summed E-state index contributed by atoms with van der Waals surface area (Å²) in [6.07, 6.45) is 1.84. The lowest BCUT2D eigenvalue weighted by molar-refractivity contribution is -0.132. The van der Waals surface area contributed by atoms with Crippen molar-refractivity contribution in [1.29, 1.82) is 0 Å². The molecular formula is C36H27Cl2N5O4S2. The van der Waals surface area contributed by atoms with Gasteiger partial charge in [-0.05, 0) is 66.4 Å². The van der Waals surface area contributed by atoms with Crippen molar-refractivity contribution in [2.45, 2.75) is 36.6 Å². The maximum atomic E-state index is 13.8. The molecular weight excluding hydrogens is 701 g/mol. The standard InChI is InChI=1S/C36H27Cl2N5O4S2/c1-20-7-6-16-42-21(2)29(39-33(20)42)31(44)28-30(23-11-14-26(15-12-23)47-18-22-8-4-3-5-9-22)43(34(46)32(28)45)35-40-41-36(49-35)48-19-24-10-13-25(37)17-27(24)38/h3-17,30,44H,18-19H2,1-2H3. The third-order valence-electron chi connectivity index (χ3n) is 8.17. The van der Waals surface area contributed by atoms with Crippen LogP contribution >= 0.6 is 46.3 Å². The number of Topliss-reactive ketones (excluding diaryl/α,β-unsaturated/α-hetero) is 1. The van der Waals surface area contributed by atoms with Crippen molar-refractivity contribution >= 4 is 74.5 Å². The Morgan fingerprint density at radius 2 is 1.76 bits per heavy atom. The number of benzene rings is 3. The molecule has 1 aliphatic heterocycles. The normalized spacial score (nSPS) is 15.8. The fraction of sp³-hybridized carbons (Fsp3) is 0.139. The van der Waals surface area contributed by atoms with Gasteiger partial charge in [-0.3, -0.25) is 14.5 Å². The van der Waals surface area contributed by atoms with Crippen molar-refractivity contribution in [2.24, 2.45) is 0 Å². The first-order valence-corrected chi connectivity index (χ1v) is 17.7. The van der Waals surface area contributed by atoms with Crippen LogP contribution in [0.2, 0.25) is 10.0 Å². The van der Waals surface area contributed by atoms with E-state index in [-0.39, 0.29) is 22.2 Å². The lowest BCUT2D eigenvalue weighted by atomic mass is 9.96. The fourth-order valence-corrected chi connectivity index (χ4v) is 8.07. The zero-order valence-corrected chi connectivity index (χ0v) is 29.3. The average Bonchev–Trinajstić information content (AvgIpc) is 3.78. The molecule has 9 nitrogen and oxygen atoms in total. The van der Waals surface area contributed by atoms with E-state index >= 15 is 0 Å². The lowest BCUT2D eigenvalue weighted by Gasteiger charge is -2.22. The minimum Gasteiger partial charge on any atom is -0.505 e. The van der Waals surface area contributed by atoms with Gasteiger partial charge in [0.05, 0.1) is 17.3 Å². The Morgan fingerprint density at radius 3 is 2.49 bits per heavy atom. The summed E-state index contributed by atoms with van der Waals surface area (Å²) in [6.45, 7) is 4.09. The molecule has 6 aromatic rings. The van der Waals surface area contributed by atoms with Gasteiger partial charge in [-0.25, -0.2) is 4.98 Å².